The maximum absolute atomic E-state index is 12.2. The minimum atomic E-state index is -0.286. The van der Waals surface area contributed by atoms with E-state index in [2.05, 4.69) is 5.32 Å². The molecule has 3 rings (SSSR count). The maximum Gasteiger partial charge on any atom is 0.245 e. The molecule has 1 unspecified atom stereocenters. The second-order valence-corrected chi connectivity index (χ2v) is 5.86. The Bertz CT molecular complexity index is 358. The molecule has 1 aliphatic heterocycles. The van der Waals surface area contributed by atoms with Crippen molar-refractivity contribution in [3.63, 3.8) is 0 Å². The Labute approximate surface area is 102 Å². The topological polar surface area (TPSA) is 49.4 Å². The van der Waals surface area contributed by atoms with Crippen molar-refractivity contribution in [3.8, 4) is 0 Å². The Balaban J connectivity index is 1.68. The van der Waals surface area contributed by atoms with Crippen LogP contribution in [0, 0.1) is 11.3 Å². The molecule has 0 aromatic heterocycles. The lowest BCUT2D eigenvalue weighted by atomic mass is 9.98. The summed E-state index contributed by atoms with van der Waals surface area (Å²) in [6.45, 7) is 3.03. The van der Waals surface area contributed by atoms with Crippen LogP contribution in [0.15, 0.2) is 0 Å². The van der Waals surface area contributed by atoms with E-state index >= 15 is 0 Å². The number of piperazine rings is 1. The third kappa shape index (κ3) is 1.94. The summed E-state index contributed by atoms with van der Waals surface area (Å²) in [7, 11) is 0. The average Bonchev–Trinajstić information content (AvgIpc) is 3.13. The highest BCUT2D eigenvalue weighted by molar-refractivity contribution is 5.94. The van der Waals surface area contributed by atoms with Gasteiger partial charge in [-0.25, -0.2) is 0 Å². The molecule has 4 nitrogen and oxygen atoms in total. The highest BCUT2D eigenvalue weighted by Gasteiger charge is 2.55. The van der Waals surface area contributed by atoms with Crippen molar-refractivity contribution < 1.29 is 9.59 Å². The summed E-state index contributed by atoms with van der Waals surface area (Å²) >= 11 is 0. The molecule has 1 atom stereocenters. The molecule has 3 fully saturated rings. The van der Waals surface area contributed by atoms with E-state index in [4.69, 9.17) is 0 Å². The van der Waals surface area contributed by atoms with E-state index in [1.165, 1.54) is 25.7 Å². The van der Waals surface area contributed by atoms with Crippen LogP contribution in [0.4, 0.5) is 0 Å². The lowest BCUT2D eigenvalue weighted by Gasteiger charge is -2.34. The van der Waals surface area contributed by atoms with Gasteiger partial charge in [0, 0.05) is 6.54 Å². The number of hydrogen-bond donors (Lipinski definition) is 1. The standard InChI is InChI=1S/C13H20N2O2/c1-2-10-12(17)15(7-11(16)14-10)8-13(5-6-13)9-3-4-9/h9-10H,2-8H2,1H3,(H,14,16). The summed E-state index contributed by atoms with van der Waals surface area (Å²) in [5.74, 6) is 0.961. The van der Waals surface area contributed by atoms with Crippen molar-refractivity contribution in [2.75, 3.05) is 13.1 Å². The van der Waals surface area contributed by atoms with Crippen LogP contribution in [-0.2, 0) is 9.59 Å². The molecule has 2 saturated carbocycles. The van der Waals surface area contributed by atoms with Crippen molar-refractivity contribution in [2.24, 2.45) is 11.3 Å². The SMILES string of the molecule is CCC1NC(=O)CN(CC2(C3CC3)CC2)C1=O. The first-order valence-corrected chi connectivity index (χ1v) is 6.73. The first-order valence-electron chi connectivity index (χ1n) is 6.73. The Morgan fingerprint density at radius 1 is 1.35 bits per heavy atom. The molecule has 1 saturated heterocycles. The summed E-state index contributed by atoms with van der Waals surface area (Å²) in [4.78, 5) is 25.5. The molecule has 0 spiro atoms. The van der Waals surface area contributed by atoms with E-state index in [-0.39, 0.29) is 24.4 Å². The van der Waals surface area contributed by atoms with Gasteiger partial charge in [0.2, 0.25) is 11.8 Å². The predicted octanol–water partition coefficient (Wildman–Crippen LogP) is 0.914. The van der Waals surface area contributed by atoms with Crippen molar-refractivity contribution in [1.29, 1.82) is 0 Å². The Morgan fingerprint density at radius 3 is 2.59 bits per heavy atom. The third-order valence-corrected chi connectivity index (χ3v) is 4.53. The highest BCUT2D eigenvalue weighted by atomic mass is 16.2. The monoisotopic (exact) mass is 236 g/mol. The minimum Gasteiger partial charge on any atom is -0.343 e. The van der Waals surface area contributed by atoms with Gasteiger partial charge in [0.1, 0.15) is 6.04 Å². The van der Waals surface area contributed by atoms with Gasteiger partial charge in [-0.1, -0.05) is 6.92 Å². The van der Waals surface area contributed by atoms with E-state index in [0.717, 1.165) is 12.5 Å². The van der Waals surface area contributed by atoms with E-state index in [9.17, 15) is 9.59 Å². The molecule has 4 heteroatoms. The van der Waals surface area contributed by atoms with Crippen LogP contribution < -0.4 is 5.32 Å². The van der Waals surface area contributed by atoms with Gasteiger partial charge < -0.3 is 10.2 Å². The molecule has 0 bridgehead atoms. The third-order valence-electron chi connectivity index (χ3n) is 4.53. The van der Waals surface area contributed by atoms with Gasteiger partial charge in [-0.05, 0) is 43.4 Å². The van der Waals surface area contributed by atoms with Crippen LogP contribution in [0.1, 0.15) is 39.0 Å². The summed E-state index contributed by atoms with van der Waals surface area (Å²) in [5, 5.41) is 2.77. The van der Waals surface area contributed by atoms with Crippen LogP contribution >= 0.6 is 0 Å². The Kier molecular flexibility index (Phi) is 2.42. The zero-order valence-electron chi connectivity index (χ0n) is 10.4. The molecular formula is C13H20N2O2. The average molecular weight is 236 g/mol. The zero-order chi connectivity index (χ0) is 12.0. The van der Waals surface area contributed by atoms with E-state index < -0.39 is 0 Å². The molecule has 0 radical (unpaired) electrons. The van der Waals surface area contributed by atoms with Crippen LogP contribution in [-0.4, -0.2) is 35.8 Å². The van der Waals surface area contributed by atoms with Crippen molar-refractivity contribution in [1.82, 2.24) is 10.2 Å². The summed E-state index contributed by atoms with van der Waals surface area (Å²) in [5.41, 5.74) is 0.394. The number of carbonyl (C=O) groups excluding carboxylic acids is 2. The molecule has 2 amide bonds. The number of carbonyl (C=O) groups is 2. The summed E-state index contributed by atoms with van der Waals surface area (Å²) in [6.07, 6.45) is 5.84. The number of amides is 2. The summed E-state index contributed by atoms with van der Waals surface area (Å²) < 4.78 is 0. The van der Waals surface area contributed by atoms with Gasteiger partial charge in [0.05, 0.1) is 6.54 Å². The van der Waals surface area contributed by atoms with Gasteiger partial charge >= 0.3 is 0 Å². The van der Waals surface area contributed by atoms with E-state index in [0.29, 0.717) is 11.8 Å². The van der Waals surface area contributed by atoms with Crippen LogP contribution in [0.2, 0.25) is 0 Å². The molecule has 3 aliphatic rings. The lowest BCUT2D eigenvalue weighted by molar-refractivity contribution is -0.145. The molecule has 1 N–H and O–H groups in total. The maximum atomic E-state index is 12.2. The molecule has 17 heavy (non-hydrogen) atoms. The van der Waals surface area contributed by atoms with Crippen LogP contribution in [0.5, 0.6) is 0 Å². The first kappa shape index (κ1) is 11.1. The number of nitrogens with one attached hydrogen (secondary N) is 1. The van der Waals surface area contributed by atoms with Crippen molar-refractivity contribution in [2.45, 2.75) is 45.1 Å². The largest absolute Gasteiger partial charge is 0.343 e. The van der Waals surface area contributed by atoms with Gasteiger partial charge in [0.25, 0.3) is 0 Å². The summed E-state index contributed by atoms with van der Waals surface area (Å²) in [6, 6.07) is -0.286. The van der Waals surface area contributed by atoms with E-state index in [1.807, 2.05) is 6.92 Å². The first-order chi connectivity index (χ1) is 8.14. The predicted molar refractivity (Wildman–Crippen MR) is 63.2 cm³/mol. The minimum absolute atomic E-state index is 0.00282. The lowest BCUT2D eigenvalue weighted by Crippen LogP contribution is -2.58. The Morgan fingerprint density at radius 2 is 2.06 bits per heavy atom. The molecule has 0 aromatic carbocycles. The molecule has 0 aromatic rings. The Hall–Kier alpha value is -1.06. The molecule has 2 aliphatic carbocycles. The van der Waals surface area contributed by atoms with Gasteiger partial charge in [0.15, 0.2) is 0 Å². The number of rotatable bonds is 4. The number of hydrogen-bond acceptors (Lipinski definition) is 2. The molecule has 1 heterocycles. The van der Waals surface area contributed by atoms with Gasteiger partial charge in [-0.3, -0.25) is 9.59 Å². The smallest absolute Gasteiger partial charge is 0.245 e. The highest BCUT2D eigenvalue weighted by Crippen LogP contribution is 2.61. The van der Waals surface area contributed by atoms with Gasteiger partial charge in [-0.15, -0.1) is 0 Å². The van der Waals surface area contributed by atoms with Crippen molar-refractivity contribution in [3.05, 3.63) is 0 Å². The van der Waals surface area contributed by atoms with Crippen LogP contribution in [0.25, 0.3) is 0 Å². The molecular weight excluding hydrogens is 216 g/mol. The quantitative estimate of drug-likeness (QED) is 0.789. The van der Waals surface area contributed by atoms with Crippen molar-refractivity contribution >= 4 is 11.8 Å². The fourth-order valence-electron chi connectivity index (χ4n) is 3.12. The van der Waals surface area contributed by atoms with Gasteiger partial charge in [-0.2, -0.15) is 0 Å². The second-order valence-electron chi connectivity index (χ2n) is 5.86. The van der Waals surface area contributed by atoms with Crippen LogP contribution in [0.3, 0.4) is 0 Å². The number of nitrogens with zero attached hydrogens (tertiary/aromatic N) is 1. The molecule has 94 valence electrons. The fourth-order valence-corrected chi connectivity index (χ4v) is 3.12. The fraction of sp³-hybridized carbons (Fsp3) is 0.846. The zero-order valence-corrected chi connectivity index (χ0v) is 10.4. The normalized spacial score (nSPS) is 31.4. The second kappa shape index (κ2) is 3.72. The van der Waals surface area contributed by atoms with E-state index in [1.54, 1.807) is 4.90 Å².